The van der Waals surface area contributed by atoms with Gasteiger partial charge >= 0.3 is 0 Å². The van der Waals surface area contributed by atoms with E-state index in [1.54, 1.807) is 0 Å². The summed E-state index contributed by atoms with van der Waals surface area (Å²) in [5, 5.41) is 2.73. The molecular formula is C12H20N2O2. The third-order valence-electron chi connectivity index (χ3n) is 3.68. The van der Waals surface area contributed by atoms with Gasteiger partial charge in [-0.2, -0.15) is 0 Å². The average molecular weight is 224 g/mol. The van der Waals surface area contributed by atoms with Crippen molar-refractivity contribution in [3.05, 3.63) is 0 Å². The van der Waals surface area contributed by atoms with Gasteiger partial charge in [0.25, 0.3) is 0 Å². The molecule has 2 saturated heterocycles. The predicted octanol–water partition coefficient (Wildman–Crippen LogP) is 0.770. The Balaban J connectivity index is 2.01. The van der Waals surface area contributed by atoms with Crippen molar-refractivity contribution < 1.29 is 9.59 Å². The van der Waals surface area contributed by atoms with E-state index < -0.39 is 0 Å². The Hall–Kier alpha value is -1.06. The van der Waals surface area contributed by atoms with Gasteiger partial charge in [-0.05, 0) is 18.8 Å². The first-order valence-electron chi connectivity index (χ1n) is 6.16. The zero-order valence-corrected chi connectivity index (χ0v) is 10.0. The molecule has 4 heteroatoms. The Morgan fingerprint density at radius 1 is 1.50 bits per heavy atom. The van der Waals surface area contributed by atoms with Gasteiger partial charge < -0.3 is 10.2 Å². The number of carbonyl (C=O) groups is 2. The summed E-state index contributed by atoms with van der Waals surface area (Å²) in [5.41, 5.74) is 0. The van der Waals surface area contributed by atoms with Gasteiger partial charge in [-0.25, -0.2) is 0 Å². The van der Waals surface area contributed by atoms with Crippen LogP contribution in [-0.2, 0) is 9.59 Å². The number of likely N-dealkylation sites (tertiary alicyclic amines) is 1. The summed E-state index contributed by atoms with van der Waals surface area (Å²) < 4.78 is 0. The quantitative estimate of drug-likeness (QED) is 0.753. The fourth-order valence-corrected chi connectivity index (χ4v) is 2.77. The molecule has 2 aliphatic rings. The molecule has 0 spiro atoms. The fraction of sp³-hybridized carbons (Fsp3) is 0.833. The highest BCUT2D eigenvalue weighted by atomic mass is 16.2. The summed E-state index contributed by atoms with van der Waals surface area (Å²) >= 11 is 0. The summed E-state index contributed by atoms with van der Waals surface area (Å²) in [6, 6.07) is 0.378. The molecule has 1 N–H and O–H groups in total. The van der Waals surface area contributed by atoms with Crippen molar-refractivity contribution in [2.75, 3.05) is 13.1 Å². The summed E-state index contributed by atoms with van der Waals surface area (Å²) in [6.07, 6.45) is 2.58. The van der Waals surface area contributed by atoms with E-state index in [1.165, 1.54) is 0 Å². The molecular weight excluding hydrogens is 204 g/mol. The van der Waals surface area contributed by atoms with Crippen LogP contribution in [0.4, 0.5) is 0 Å². The molecule has 0 aliphatic carbocycles. The maximum Gasteiger partial charge on any atom is 0.228 e. The Kier molecular flexibility index (Phi) is 3.17. The highest BCUT2D eigenvalue weighted by Gasteiger charge is 2.37. The van der Waals surface area contributed by atoms with Crippen LogP contribution in [0.5, 0.6) is 0 Å². The summed E-state index contributed by atoms with van der Waals surface area (Å²) in [6.45, 7) is 5.72. The van der Waals surface area contributed by atoms with Crippen LogP contribution < -0.4 is 5.32 Å². The normalized spacial score (nSPS) is 29.9. The van der Waals surface area contributed by atoms with Crippen LogP contribution >= 0.6 is 0 Å². The average Bonchev–Trinajstić information content (AvgIpc) is 2.84. The molecule has 4 nitrogen and oxygen atoms in total. The molecule has 0 aromatic rings. The van der Waals surface area contributed by atoms with Crippen LogP contribution in [0.1, 0.15) is 33.1 Å². The lowest BCUT2D eigenvalue weighted by Gasteiger charge is -2.29. The van der Waals surface area contributed by atoms with Crippen LogP contribution in [0, 0.1) is 11.8 Å². The van der Waals surface area contributed by atoms with Gasteiger partial charge in [0.15, 0.2) is 0 Å². The molecule has 0 aromatic heterocycles. The minimum absolute atomic E-state index is 0.0126. The number of nitrogens with one attached hydrogen (secondary N) is 1. The Morgan fingerprint density at radius 2 is 2.25 bits per heavy atom. The molecule has 2 heterocycles. The van der Waals surface area contributed by atoms with Crippen molar-refractivity contribution in [1.29, 1.82) is 0 Å². The third-order valence-corrected chi connectivity index (χ3v) is 3.68. The molecule has 2 rings (SSSR count). The van der Waals surface area contributed by atoms with E-state index in [0.717, 1.165) is 19.4 Å². The molecule has 0 radical (unpaired) electrons. The van der Waals surface area contributed by atoms with Crippen LogP contribution in [0.25, 0.3) is 0 Å². The monoisotopic (exact) mass is 224 g/mol. The van der Waals surface area contributed by atoms with E-state index in [9.17, 15) is 9.59 Å². The van der Waals surface area contributed by atoms with Crippen LogP contribution in [0.15, 0.2) is 0 Å². The highest BCUT2D eigenvalue weighted by molar-refractivity contribution is 5.89. The molecule has 16 heavy (non-hydrogen) atoms. The molecule has 0 saturated carbocycles. The minimum Gasteiger partial charge on any atom is -0.355 e. The van der Waals surface area contributed by atoms with Crippen LogP contribution in [0.2, 0.25) is 0 Å². The second kappa shape index (κ2) is 4.44. The second-order valence-corrected chi connectivity index (χ2v) is 5.19. The van der Waals surface area contributed by atoms with Gasteiger partial charge in [0.2, 0.25) is 11.8 Å². The van der Waals surface area contributed by atoms with E-state index >= 15 is 0 Å². The zero-order valence-electron chi connectivity index (χ0n) is 10.0. The maximum absolute atomic E-state index is 12.2. The second-order valence-electron chi connectivity index (χ2n) is 5.19. The first-order valence-corrected chi connectivity index (χ1v) is 6.16. The number of amides is 2. The lowest BCUT2D eigenvalue weighted by atomic mass is 10.00. The predicted molar refractivity (Wildman–Crippen MR) is 60.7 cm³/mol. The van der Waals surface area contributed by atoms with Crippen molar-refractivity contribution in [2.45, 2.75) is 39.2 Å². The molecule has 2 atom stereocenters. The number of nitrogens with zero attached hydrogens (tertiary/aromatic N) is 1. The molecule has 90 valence electrons. The van der Waals surface area contributed by atoms with Crippen molar-refractivity contribution in [3.8, 4) is 0 Å². The summed E-state index contributed by atoms with van der Waals surface area (Å²) in [7, 11) is 0. The van der Waals surface area contributed by atoms with Gasteiger partial charge in [-0.1, -0.05) is 13.8 Å². The van der Waals surface area contributed by atoms with Crippen molar-refractivity contribution in [2.24, 2.45) is 11.8 Å². The highest BCUT2D eigenvalue weighted by Crippen LogP contribution is 2.26. The van der Waals surface area contributed by atoms with E-state index in [1.807, 2.05) is 4.90 Å². The van der Waals surface area contributed by atoms with E-state index in [2.05, 4.69) is 19.2 Å². The van der Waals surface area contributed by atoms with E-state index in [0.29, 0.717) is 24.9 Å². The van der Waals surface area contributed by atoms with Crippen LogP contribution in [0.3, 0.4) is 0 Å². The smallest absolute Gasteiger partial charge is 0.228 e. The van der Waals surface area contributed by atoms with Gasteiger partial charge in [0.05, 0.1) is 5.92 Å². The van der Waals surface area contributed by atoms with Gasteiger partial charge in [-0.15, -0.1) is 0 Å². The lowest BCUT2D eigenvalue weighted by molar-refractivity contribution is -0.137. The maximum atomic E-state index is 12.2. The van der Waals surface area contributed by atoms with Gasteiger partial charge in [0.1, 0.15) is 0 Å². The number of hydrogen-bond acceptors (Lipinski definition) is 2. The fourth-order valence-electron chi connectivity index (χ4n) is 2.77. The molecule has 2 aliphatic heterocycles. The molecule has 0 aromatic carbocycles. The molecule has 2 amide bonds. The number of rotatable bonds is 2. The Labute approximate surface area is 96.4 Å². The summed E-state index contributed by atoms with van der Waals surface area (Å²) in [4.78, 5) is 25.3. The molecule has 2 unspecified atom stereocenters. The zero-order chi connectivity index (χ0) is 11.7. The van der Waals surface area contributed by atoms with Crippen molar-refractivity contribution >= 4 is 11.8 Å². The summed E-state index contributed by atoms with van der Waals surface area (Å²) in [5.74, 6) is 0.580. The SMILES string of the molecule is CC(C)C1CCCN1C(=O)C1CNC(=O)C1. The van der Waals surface area contributed by atoms with Gasteiger partial charge in [-0.3, -0.25) is 9.59 Å². The number of carbonyl (C=O) groups excluding carboxylic acids is 2. The Morgan fingerprint density at radius 3 is 2.81 bits per heavy atom. The first kappa shape index (κ1) is 11.4. The first-order chi connectivity index (χ1) is 7.59. The van der Waals surface area contributed by atoms with Gasteiger partial charge in [0, 0.05) is 25.6 Å². The van der Waals surface area contributed by atoms with Crippen molar-refractivity contribution in [1.82, 2.24) is 10.2 Å². The topological polar surface area (TPSA) is 49.4 Å². The third kappa shape index (κ3) is 2.06. The molecule has 0 bridgehead atoms. The largest absolute Gasteiger partial charge is 0.355 e. The lowest BCUT2D eigenvalue weighted by Crippen LogP contribution is -2.42. The van der Waals surface area contributed by atoms with E-state index in [4.69, 9.17) is 0 Å². The minimum atomic E-state index is -0.119. The van der Waals surface area contributed by atoms with Crippen LogP contribution in [-0.4, -0.2) is 35.8 Å². The van der Waals surface area contributed by atoms with E-state index in [-0.39, 0.29) is 17.7 Å². The standard InChI is InChI=1S/C12H20N2O2/c1-8(2)10-4-3-5-14(10)12(16)9-6-11(15)13-7-9/h8-10H,3-7H2,1-2H3,(H,13,15). The van der Waals surface area contributed by atoms with Crippen molar-refractivity contribution in [3.63, 3.8) is 0 Å². The number of hydrogen-bond donors (Lipinski definition) is 1. The Bertz CT molecular complexity index is 301. The molecule has 2 fully saturated rings.